The van der Waals surface area contributed by atoms with E-state index in [2.05, 4.69) is 42.0 Å². The van der Waals surface area contributed by atoms with Gasteiger partial charge in [0.15, 0.2) is 5.84 Å². The minimum Gasteiger partial charge on any atom is -0.350 e. The molecule has 24 heavy (non-hydrogen) atoms. The summed E-state index contributed by atoms with van der Waals surface area (Å²) in [5, 5.41) is 0. The zero-order valence-electron chi connectivity index (χ0n) is 14.6. The standard InChI is InChI=1S/C20H24N4/c1-6-8-9-16(20-22-13-19(23-20)15(3)4)14-24(5)18-10-11-21-17(7-2)12-18/h6-12,14-15H,1-2,13H2,3-5H3/b9-8-,16-14+. The molecule has 0 aromatic carbocycles. The summed E-state index contributed by atoms with van der Waals surface area (Å²) < 4.78 is 0. The third kappa shape index (κ3) is 4.38. The summed E-state index contributed by atoms with van der Waals surface area (Å²) in [4.78, 5) is 15.5. The van der Waals surface area contributed by atoms with Crippen LogP contribution in [0.2, 0.25) is 0 Å². The number of aromatic nitrogens is 1. The molecule has 1 aromatic heterocycles. The second-order valence-electron chi connectivity index (χ2n) is 5.83. The Bertz CT molecular complexity index is 736. The molecule has 2 rings (SSSR count). The Kier molecular flexibility index (Phi) is 6.01. The molecular weight excluding hydrogens is 296 g/mol. The number of amidine groups is 1. The van der Waals surface area contributed by atoms with E-state index in [-0.39, 0.29) is 0 Å². The lowest BCUT2D eigenvalue weighted by atomic mass is 10.1. The van der Waals surface area contributed by atoms with Crippen molar-refractivity contribution in [3.05, 3.63) is 67.2 Å². The quantitative estimate of drug-likeness (QED) is 0.703. The van der Waals surface area contributed by atoms with E-state index in [0.717, 1.165) is 28.5 Å². The number of hydrogen-bond acceptors (Lipinski definition) is 4. The van der Waals surface area contributed by atoms with E-state index >= 15 is 0 Å². The lowest BCUT2D eigenvalue weighted by Gasteiger charge is -2.16. The lowest BCUT2D eigenvalue weighted by Crippen LogP contribution is -2.12. The molecule has 0 spiro atoms. The Morgan fingerprint density at radius 1 is 1.33 bits per heavy atom. The van der Waals surface area contributed by atoms with Crippen LogP contribution >= 0.6 is 0 Å². The zero-order chi connectivity index (χ0) is 17.5. The van der Waals surface area contributed by atoms with Crippen molar-refractivity contribution >= 4 is 23.3 Å². The molecule has 2 heterocycles. The second kappa shape index (κ2) is 8.20. The van der Waals surface area contributed by atoms with Crippen molar-refractivity contribution in [2.24, 2.45) is 15.9 Å². The Hall–Kier alpha value is -2.75. The minimum atomic E-state index is 0.406. The van der Waals surface area contributed by atoms with Crippen molar-refractivity contribution < 1.29 is 0 Å². The fourth-order valence-electron chi connectivity index (χ4n) is 2.23. The van der Waals surface area contributed by atoms with Gasteiger partial charge in [0.25, 0.3) is 0 Å². The number of nitrogens with zero attached hydrogens (tertiary/aromatic N) is 4. The maximum Gasteiger partial charge on any atom is 0.156 e. The van der Waals surface area contributed by atoms with Gasteiger partial charge in [-0.15, -0.1) is 0 Å². The van der Waals surface area contributed by atoms with Crippen LogP contribution in [0.25, 0.3) is 6.08 Å². The van der Waals surface area contributed by atoms with Gasteiger partial charge in [0, 0.05) is 36.4 Å². The normalized spacial score (nSPS) is 14.8. The van der Waals surface area contributed by atoms with Gasteiger partial charge in [0.2, 0.25) is 0 Å². The fraction of sp³-hybridized carbons (Fsp3) is 0.250. The summed E-state index contributed by atoms with van der Waals surface area (Å²) in [6.45, 7) is 12.5. The fourth-order valence-corrected chi connectivity index (χ4v) is 2.23. The molecule has 0 N–H and O–H groups in total. The summed E-state index contributed by atoms with van der Waals surface area (Å²) in [5.74, 6) is 1.17. The molecule has 0 fully saturated rings. The van der Waals surface area contributed by atoms with Crippen LogP contribution in [0.1, 0.15) is 19.5 Å². The summed E-state index contributed by atoms with van der Waals surface area (Å²) in [6.07, 6.45) is 11.2. The Morgan fingerprint density at radius 2 is 2.12 bits per heavy atom. The summed E-state index contributed by atoms with van der Waals surface area (Å²) >= 11 is 0. The summed E-state index contributed by atoms with van der Waals surface area (Å²) in [6, 6.07) is 3.94. The largest absolute Gasteiger partial charge is 0.350 e. The van der Waals surface area contributed by atoms with Gasteiger partial charge in [0.05, 0.1) is 12.2 Å². The van der Waals surface area contributed by atoms with E-state index in [1.807, 2.05) is 42.4 Å². The van der Waals surface area contributed by atoms with Crippen LogP contribution in [-0.2, 0) is 0 Å². The van der Waals surface area contributed by atoms with Gasteiger partial charge in [0.1, 0.15) is 0 Å². The first-order chi connectivity index (χ1) is 11.5. The first kappa shape index (κ1) is 17.6. The molecule has 124 valence electrons. The number of pyridine rings is 1. The Morgan fingerprint density at radius 3 is 2.75 bits per heavy atom. The molecule has 4 heteroatoms. The van der Waals surface area contributed by atoms with Crippen LogP contribution in [0.15, 0.2) is 71.5 Å². The van der Waals surface area contributed by atoms with E-state index in [4.69, 9.17) is 0 Å². The van der Waals surface area contributed by atoms with E-state index in [9.17, 15) is 0 Å². The molecule has 0 saturated carbocycles. The van der Waals surface area contributed by atoms with Crippen molar-refractivity contribution in [2.45, 2.75) is 13.8 Å². The van der Waals surface area contributed by atoms with Gasteiger partial charge in [-0.1, -0.05) is 39.2 Å². The van der Waals surface area contributed by atoms with Gasteiger partial charge >= 0.3 is 0 Å². The van der Waals surface area contributed by atoms with Crippen molar-refractivity contribution in [1.29, 1.82) is 0 Å². The maximum atomic E-state index is 4.68. The molecule has 1 aliphatic rings. The lowest BCUT2D eigenvalue weighted by molar-refractivity contribution is 0.874. The van der Waals surface area contributed by atoms with Crippen LogP contribution in [0.3, 0.4) is 0 Å². The molecule has 0 aliphatic carbocycles. The number of aliphatic imine (C=N–C) groups is 2. The van der Waals surface area contributed by atoms with Gasteiger partial charge < -0.3 is 4.90 Å². The van der Waals surface area contributed by atoms with Crippen molar-refractivity contribution in [1.82, 2.24) is 4.98 Å². The predicted octanol–water partition coefficient (Wildman–Crippen LogP) is 4.30. The van der Waals surface area contributed by atoms with Crippen LogP contribution in [0, 0.1) is 5.92 Å². The molecule has 4 nitrogen and oxygen atoms in total. The minimum absolute atomic E-state index is 0.406. The number of hydrogen-bond donors (Lipinski definition) is 0. The van der Waals surface area contributed by atoms with Gasteiger partial charge in [-0.2, -0.15) is 0 Å². The van der Waals surface area contributed by atoms with Gasteiger partial charge in [-0.05, 0) is 30.2 Å². The van der Waals surface area contributed by atoms with Gasteiger partial charge in [-0.25, -0.2) is 4.99 Å². The smallest absolute Gasteiger partial charge is 0.156 e. The van der Waals surface area contributed by atoms with Crippen LogP contribution < -0.4 is 4.90 Å². The van der Waals surface area contributed by atoms with E-state index in [1.165, 1.54) is 0 Å². The Balaban J connectivity index is 2.33. The number of allylic oxidation sites excluding steroid dienone is 2. The van der Waals surface area contributed by atoms with Crippen LogP contribution in [-0.4, -0.2) is 30.1 Å². The highest BCUT2D eigenvalue weighted by molar-refractivity contribution is 6.13. The SMILES string of the molecule is C=C/C=C\C(=C/N(C)c1ccnc(C=C)c1)C1=NCC(C(C)C)=N1. The molecule has 0 unspecified atom stereocenters. The molecule has 0 saturated heterocycles. The average Bonchev–Trinajstić information content (AvgIpc) is 3.08. The van der Waals surface area contributed by atoms with Crippen molar-refractivity contribution in [3.8, 4) is 0 Å². The van der Waals surface area contributed by atoms with Crippen molar-refractivity contribution in [2.75, 3.05) is 18.5 Å². The van der Waals surface area contributed by atoms with Crippen LogP contribution in [0.4, 0.5) is 5.69 Å². The van der Waals surface area contributed by atoms with Crippen molar-refractivity contribution in [3.63, 3.8) is 0 Å². The van der Waals surface area contributed by atoms with E-state index < -0.39 is 0 Å². The third-order valence-electron chi connectivity index (χ3n) is 3.69. The summed E-state index contributed by atoms with van der Waals surface area (Å²) in [5.41, 5.74) is 3.93. The number of anilines is 1. The monoisotopic (exact) mass is 320 g/mol. The predicted molar refractivity (Wildman–Crippen MR) is 105 cm³/mol. The number of rotatable bonds is 7. The molecule has 0 atom stereocenters. The van der Waals surface area contributed by atoms with E-state index in [1.54, 1.807) is 18.3 Å². The molecular formula is C20H24N4. The molecule has 0 amide bonds. The molecule has 1 aromatic rings. The highest BCUT2D eigenvalue weighted by atomic mass is 15.1. The highest BCUT2D eigenvalue weighted by Crippen LogP contribution is 2.18. The summed E-state index contributed by atoms with van der Waals surface area (Å²) in [7, 11) is 1.99. The topological polar surface area (TPSA) is 40.9 Å². The van der Waals surface area contributed by atoms with Crippen LogP contribution in [0.5, 0.6) is 0 Å². The van der Waals surface area contributed by atoms with E-state index in [0.29, 0.717) is 12.5 Å². The first-order valence-electron chi connectivity index (χ1n) is 7.99. The molecule has 0 bridgehead atoms. The third-order valence-corrected chi connectivity index (χ3v) is 3.69. The molecule has 0 radical (unpaired) electrons. The zero-order valence-corrected chi connectivity index (χ0v) is 14.6. The maximum absolute atomic E-state index is 4.68. The second-order valence-corrected chi connectivity index (χ2v) is 5.83. The Labute approximate surface area is 144 Å². The van der Waals surface area contributed by atoms with Gasteiger partial charge in [-0.3, -0.25) is 9.98 Å². The first-order valence-corrected chi connectivity index (χ1v) is 7.99. The highest BCUT2D eigenvalue weighted by Gasteiger charge is 2.15. The molecule has 1 aliphatic heterocycles. The average molecular weight is 320 g/mol.